The van der Waals surface area contributed by atoms with Crippen LogP contribution in [0.3, 0.4) is 0 Å². The lowest BCUT2D eigenvalue weighted by Gasteiger charge is -2.14. The maximum absolute atomic E-state index is 12.2. The van der Waals surface area contributed by atoms with Crippen LogP contribution in [0, 0.1) is 5.92 Å². The highest BCUT2D eigenvalue weighted by molar-refractivity contribution is 6.42. The Morgan fingerprint density at radius 3 is 2.88 bits per heavy atom. The summed E-state index contributed by atoms with van der Waals surface area (Å²) < 4.78 is 0. The van der Waals surface area contributed by atoms with Gasteiger partial charge < -0.3 is 15.3 Å². The molecule has 2 rings (SSSR count). The number of hydrogen-bond acceptors (Lipinski definition) is 4. The molecule has 0 saturated carbocycles. The normalized spacial score (nSPS) is 19.3. The van der Waals surface area contributed by atoms with E-state index >= 15 is 0 Å². The van der Waals surface area contributed by atoms with Crippen LogP contribution < -0.4 is 5.32 Å². The molecular formula is C16H19Cl2N5O3. The predicted octanol–water partition coefficient (Wildman–Crippen LogP) is 2.17. The third-order valence-corrected chi connectivity index (χ3v) is 4.90. The second-order valence-corrected chi connectivity index (χ2v) is 6.75. The summed E-state index contributed by atoms with van der Waals surface area (Å²) in [6.07, 6.45) is 0.0268. The van der Waals surface area contributed by atoms with Crippen molar-refractivity contribution in [2.75, 3.05) is 26.2 Å². The zero-order valence-corrected chi connectivity index (χ0v) is 15.4. The Morgan fingerprint density at radius 1 is 1.42 bits per heavy atom. The lowest BCUT2D eigenvalue weighted by molar-refractivity contribution is -0.137. The van der Waals surface area contributed by atoms with Crippen LogP contribution in [0.25, 0.3) is 10.4 Å². The highest BCUT2D eigenvalue weighted by Gasteiger charge is 2.42. The lowest BCUT2D eigenvalue weighted by Crippen LogP contribution is -2.38. The molecule has 0 bridgehead atoms. The quantitative estimate of drug-likeness (QED) is 0.301. The van der Waals surface area contributed by atoms with E-state index in [-0.39, 0.29) is 25.5 Å². The van der Waals surface area contributed by atoms with E-state index in [9.17, 15) is 14.7 Å². The van der Waals surface area contributed by atoms with Gasteiger partial charge in [0, 0.05) is 31.1 Å². The van der Waals surface area contributed by atoms with Gasteiger partial charge in [-0.1, -0.05) is 34.4 Å². The molecule has 2 atom stereocenters. The summed E-state index contributed by atoms with van der Waals surface area (Å²) in [6.45, 7) is 0.808. The van der Waals surface area contributed by atoms with E-state index in [4.69, 9.17) is 28.7 Å². The fourth-order valence-electron chi connectivity index (χ4n) is 2.75. The van der Waals surface area contributed by atoms with Crippen molar-refractivity contribution in [2.24, 2.45) is 11.0 Å². The third kappa shape index (κ3) is 5.25. The van der Waals surface area contributed by atoms with Gasteiger partial charge in [0.25, 0.3) is 5.91 Å². The van der Waals surface area contributed by atoms with E-state index in [1.54, 1.807) is 12.1 Å². The van der Waals surface area contributed by atoms with Crippen LogP contribution >= 0.6 is 23.2 Å². The second kappa shape index (κ2) is 9.64. The smallest absolute Gasteiger partial charge is 0.252 e. The number of benzene rings is 1. The van der Waals surface area contributed by atoms with Crippen molar-refractivity contribution in [2.45, 2.75) is 18.9 Å². The topological polar surface area (TPSA) is 118 Å². The first kappa shape index (κ1) is 20.3. The zero-order chi connectivity index (χ0) is 19.1. The maximum atomic E-state index is 12.2. The van der Waals surface area contributed by atoms with Gasteiger partial charge in [-0.15, -0.1) is 0 Å². The van der Waals surface area contributed by atoms with E-state index in [1.165, 1.54) is 4.90 Å². The Kier molecular flexibility index (Phi) is 7.53. The summed E-state index contributed by atoms with van der Waals surface area (Å²) in [5.41, 5.74) is 9.27. The van der Waals surface area contributed by atoms with Crippen LogP contribution in [0.15, 0.2) is 23.3 Å². The van der Waals surface area contributed by atoms with Gasteiger partial charge in [0.15, 0.2) is 0 Å². The Balaban J connectivity index is 1.77. The molecule has 1 saturated heterocycles. The summed E-state index contributed by atoms with van der Waals surface area (Å²) in [4.78, 5) is 28.1. The van der Waals surface area contributed by atoms with Gasteiger partial charge in [-0.2, -0.15) is 0 Å². The number of halogens is 2. The van der Waals surface area contributed by atoms with Crippen molar-refractivity contribution in [1.82, 2.24) is 10.2 Å². The highest BCUT2D eigenvalue weighted by Crippen LogP contribution is 2.23. The number of hydrogen-bond donors (Lipinski definition) is 2. The number of aliphatic hydroxyl groups excluding tert-OH is 1. The van der Waals surface area contributed by atoms with Crippen LogP contribution in [0.5, 0.6) is 0 Å². The Morgan fingerprint density at radius 2 is 2.19 bits per heavy atom. The van der Waals surface area contributed by atoms with Crippen molar-refractivity contribution < 1.29 is 14.7 Å². The van der Waals surface area contributed by atoms with Crippen molar-refractivity contribution in [1.29, 1.82) is 0 Å². The summed E-state index contributed by atoms with van der Waals surface area (Å²) in [5, 5.41) is 17.0. The van der Waals surface area contributed by atoms with Crippen LogP contribution in [-0.4, -0.2) is 54.1 Å². The molecule has 1 heterocycles. The van der Waals surface area contributed by atoms with E-state index in [0.29, 0.717) is 29.4 Å². The SMILES string of the molecule is [N-]=[N+]=NCCN1CC(C(=O)NCCCc2ccc(Cl)c(Cl)c2)C(O)C1=O. The van der Waals surface area contributed by atoms with Crippen LogP contribution in [0.1, 0.15) is 12.0 Å². The number of azide groups is 1. The number of aryl methyl sites for hydroxylation is 1. The molecule has 26 heavy (non-hydrogen) atoms. The average Bonchev–Trinajstić information content (AvgIpc) is 2.90. The monoisotopic (exact) mass is 399 g/mol. The first-order valence-electron chi connectivity index (χ1n) is 8.13. The number of likely N-dealkylation sites (tertiary alicyclic amines) is 1. The highest BCUT2D eigenvalue weighted by atomic mass is 35.5. The fraction of sp³-hybridized carbons (Fsp3) is 0.500. The number of aliphatic hydroxyl groups is 1. The third-order valence-electron chi connectivity index (χ3n) is 4.16. The molecule has 0 radical (unpaired) electrons. The average molecular weight is 400 g/mol. The minimum atomic E-state index is -1.36. The Bertz CT molecular complexity index is 724. The molecule has 0 aromatic heterocycles. The molecule has 0 aliphatic carbocycles. The second-order valence-electron chi connectivity index (χ2n) is 5.93. The zero-order valence-electron chi connectivity index (χ0n) is 13.9. The molecular weight excluding hydrogens is 381 g/mol. The summed E-state index contributed by atoms with van der Waals surface area (Å²) in [7, 11) is 0. The molecule has 0 spiro atoms. The van der Waals surface area contributed by atoms with Gasteiger partial charge in [-0.05, 0) is 36.1 Å². The van der Waals surface area contributed by atoms with Crippen LogP contribution in [0.2, 0.25) is 10.0 Å². The molecule has 1 aliphatic heterocycles. The molecule has 1 aromatic carbocycles. The number of carbonyl (C=O) groups excluding carboxylic acids is 2. The van der Waals surface area contributed by atoms with Crippen molar-refractivity contribution in [3.05, 3.63) is 44.3 Å². The largest absolute Gasteiger partial charge is 0.382 e. The Hall–Kier alpha value is -1.99. The molecule has 8 nitrogen and oxygen atoms in total. The van der Waals surface area contributed by atoms with Crippen molar-refractivity contribution in [3.63, 3.8) is 0 Å². The summed E-state index contributed by atoms with van der Waals surface area (Å²) >= 11 is 11.8. The number of rotatable bonds is 8. The molecule has 2 amide bonds. The van der Waals surface area contributed by atoms with Crippen LogP contribution in [-0.2, 0) is 16.0 Å². The molecule has 2 N–H and O–H groups in total. The number of nitrogens with zero attached hydrogens (tertiary/aromatic N) is 4. The van der Waals surface area contributed by atoms with E-state index in [1.807, 2.05) is 6.07 Å². The van der Waals surface area contributed by atoms with Gasteiger partial charge in [0.05, 0.1) is 16.0 Å². The molecule has 1 aliphatic rings. The minimum Gasteiger partial charge on any atom is -0.382 e. The molecule has 1 fully saturated rings. The Labute approximate surface area is 160 Å². The first-order valence-corrected chi connectivity index (χ1v) is 8.89. The van der Waals surface area contributed by atoms with Gasteiger partial charge in [0.1, 0.15) is 6.10 Å². The van der Waals surface area contributed by atoms with Gasteiger partial charge in [0.2, 0.25) is 5.91 Å². The number of nitrogens with one attached hydrogen (secondary N) is 1. The van der Waals surface area contributed by atoms with Gasteiger partial charge in [-0.25, -0.2) is 0 Å². The van der Waals surface area contributed by atoms with E-state index in [0.717, 1.165) is 5.56 Å². The molecule has 2 unspecified atom stereocenters. The summed E-state index contributed by atoms with van der Waals surface area (Å²) in [5.74, 6) is -1.71. The van der Waals surface area contributed by atoms with Crippen LogP contribution in [0.4, 0.5) is 0 Å². The van der Waals surface area contributed by atoms with Gasteiger partial charge in [-0.3, -0.25) is 9.59 Å². The van der Waals surface area contributed by atoms with Crippen molar-refractivity contribution in [3.8, 4) is 0 Å². The van der Waals surface area contributed by atoms with Crippen molar-refractivity contribution >= 4 is 35.0 Å². The standard InChI is InChI=1S/C16H19Cl2N5O3/c17-12-4-3-10(8-13(12)18)2-1-5-20-15(25)11-9-23(7-6-21-22-19)16(26)14(11)24/h3-4,8,11,14,24H,1-2,5-7,9H2,(H,20,25). The van der Waals surface area contributed by atoms with Gasteiger partial charge >= 0.3 is 0 Å². The van der Waals surface area contributed by atoms with E-state index in [2.05, 4.69) is 15.3 Å². The predicted molar refractivity (Wildman–Crippen MR) is 97.9 cm³/mol. The van der Waals surface area contributed by atoms with E-state index < -0.39 is 17.9 Å². The number of amides is 2. The molecule has 140 valence electrons. The fourth-order valence-corrected chi connectivity index (χ4v) is 3.08. The molecule has 10 heteroatoms. The summed E-state index contributed by atoms with van der Waals surface area (Å²) in [6, 6.07) is 5.38. The first-order chi connectivity index (χ1) is 12.4. The minimum absolute atomic E-state index is 0.104. The number of carbonyl (C=O) groups is 2. The lowest BCUT2D eigenvalue weighted by atomic mass is 10.1. The molecule has 1 aromatic rings. The maximum Gasteiger partial charge on any atom is 0.252 e.